The van der Waals surface area contributed by atoms with Crippen LogP contribution in [0, 0.1) is 5.92 Å². The summed E-state index contributed by atoms with van der Waals surface area (Å²) >= 11 is 1.15. The van der Waals surface area contributed by atoms with Crippen LogP contribution in [-0.4, -0.2) is 20.0 Å². The van der Waals surface area contributed by atoms with Crippen LogP contribution < -0.4 is 10.1 Å². The number of nitrogens with zero attached hydrogens (tertiary/aromatic N) is 1. The number of hydrogen-bond acceptors (Lipinski definition) is 5. The van der Waals surface area contributed by atoms with Crippen molar-refractivity contribution in [3.05, 3.63) is 47.3 Å². The minimum Gasteiger partial charge on any atom is -0.279 e. The maximum Gasteiger partial charge on any atom is 0.271 e. The van der Waals surface area contributed by atoms with E-state index in [1.807, 2.05) is 0 Å². The minimum atomic E-state index is -3.59. The molecule has 6 nitrogen and oxygen atoms in total. The lowest BCUT2D eigenvalue weighted by Crippen LogP contribution is -2.24. The zero-order valence-corrected chi connectivity index (χ0v) is 16.1. The quantitative estimate of drug-likeness (QED) is 0.759. The monoisotopic (exact) mass is 391 g/mol. The Kier molecular flexibility index (Phi) is 5.73. The van der Waals surface area contributed by atoms with Crippen molar-refractivity contribution in [3.63, 3.8) is 0 Å². The summed E-state index contributed by atoms with van der Waals surface area (Å²) in [6.45, 7) is 2.12. The van der Waals surface area contributed by atoms with Gasteiger partial charge in [-0.1, -0.05) is 19.4 Å². The molecule has 1 fully saturated rings. The smallest absolute Gasteiger partial charge is 0.271 e. The molecule has 1 amide bonds. The third kappa shape index (κ3) is 4.50. The van der Waals surface area contributed by atoms with E-state index in [0.29, 0.717) is 17.2 Å². The summed E-state index contributed by atoms with van der Waals surface area (Å²) in [7, 11) is -3.59. The van der Waals surface area contributed by atoms with Crippen LogP contribution in [0.1, 0.15) is 43.0 Å². The second-order valence-electron chi connectivity index (χ2n) is 6.31. The van der Waals surface area contributed by atoms with Crippen LogP contribution in [0.25, 0.3) is 0 Å². The van der Waals surface area contributed by atoms with Gasteiger partial charge in [-0.15, -0.1) is 11.3 Å². The molecule has 0 aliphatic heterocycles. The van der Waals surface area contributed by atoms with Gasteiger partial charge in [0.2, 0.25) is 0 Å². The molecule has 0 saturated heterocycles. The molecule has 0 bridgehead atoms. The first kappa shape index (κ1) is 18.6. The Labute approximate surface area is 157 Å². The molecule has 1 heterocycles. The first-order valence-electron chi connectivity index (χ1n) is 8.49. The number of nitrogens with one attached hydrogen (secondary N) is 2. The van der Waals surface area contributed by atoms with Gasteiger partial charge < -0.3 is 0 Å². The summed E-state index contributed by atoms with van der Waals surface area (Å²) in [6.07, 6.45) is 4.34. The van der Waals surface area contributed by atoms with E-state index in [1.54, 1.807) is 41.8 Å². The van der Waals surface area contributed by atoms with E-state index >= 15 is 0 Å². The zero-order valence-electron chi connectivity index (χ0n) is 14.4. The SMILES string of the molecule is C[C@@H]1CCCCC1=NNC(=O)c1ccc(NS(=O)(=O)c2cccs2)cc1. The number of sulfonamides is 1. The number of carbonyl (C=O) groups excluding carboxylic acids is 1. The highest BCUT2D eigenvalue weighted by atomic mass is 32.2. The molecule has 26 heavy (non-hydrogen) atoms. The molecule has 0 radical (unpaired) electrons. The molecule has 1 aromatic heterocycles. The van der Waals surface area contributed by atoms with Crippen molar-refractivity contribution in [2.75, 3.05) is 4.72 Å². The van der Waals surface area contributed by atoms with Crippen LogP contribution in [0.3, 0.4) is 0 Å². The summed E-state index contributed by atoms with van der Waals surface area (Å²) in [5, 5.41) is 5.97. The molecule has 1 aliphatic rings. The molecule has 0 spiro atoms. The fourth-order valence-corrected chi connectivity index (χ4v) is 4.89. The van der Waals surface area contributed by atoms with Gasteiger partial charge in [0.05, 0.1) is 0 Å². The molecule has 138 valence electrons. The van der Waals surface area contributed by atoms with E-state index in [-0.39, 0.29) is 10.1 Å². The molecule has 8 heteroatoms. The molecule has 0 unspecified atom stereocenters. The lowest BCUT2D eigenvalue weighted by Gasteiger charge is -2.19. The second-order valence-corrected chi connectivity index (χ2v) is 9.16. The number of rotatable bonds is 5. The number of benzene rings is 1. The van der Waals surface area contributed by atoms with Gasteiger partial charge in [-0.25, -0.2) is 13.8 Å². The van der Waals surface area contributed by atoms with Crippen LogP contribution in [-0.2, 0) is 10.0 Å². The van der Waals surface area contributed by atoms with Gasteiger partial charge in [-0.3, -0.25) is 9.52 Å². The van der Waals surface area contributed by atoms with Crippen LogP contribution in [0.5, 0.6) is 0 Å². The average Bonchev–Trinajstić information content (AvgIpc) is 3.17. The van der Waals surface area contributed by atoms with Crippen LogP contribution in [0.4, 0.5) is 5.69 Å². The Bertz CT molecular complexity index is 888. The van der Waals surface area contributed by atoms with Crippen LogP contribution >= 0.6 is 11.3 Å². The highest BCUT2D eigenvalue weighted by Gasteiger charge is 2.17. The third-order valence-electron chi connectivity index (χ3n) is 4.35. The summed E-state index contributed by atoms with van der Waals surface area (Å²) in [5.74, 6) is 0.0982. The van der Waals surface area contributed by atoms with E-state index in [1.165, 1.54) is 6.42 Å². The van der Waals surface area contributed by atoms with Crippen LogP contribution in [0.2, 0.25) is 0 Å². The van der Waals surface area contributed by atoms with Gasteiger partial charge in [0.25, 0.3) is 15.9 Å². The second kappa shape index (κ2) is 8.01. The van der Waals surface area contributed by atoms with Gasteiger partial charge in [0.1, 0.15) is 4.21 Å². The van der Waals surface area contributed by atoms with Gasteiger partial charge in [-0.05, 0) is 60.9 Å². The van der Waals surface area contributed by atoms with Crippen molar-refractivity contribution in [2.45, 2.75) is 36.8 Å². The van der Waals surface area contributed by atoms with Crippen LogP contribution in [0.15, 0.2) is 51.1 Å². The van der Waals surface area contributed by atoms with Gasteiger partial charge in [0.15, 0.2) is 0 Å². The predicted octanol–water partition coefficient (Wildman–Crippen LogP) is 3.84. The number of anilines is 1. The minimum absolute atomic E-state index is 0.247. The van der Waals surface area contributed by atoms with Crippen molar-refractivity contribution in [3.8, 4) is 0 Å². The van der Waals surface area contributed by atoms with Crippen molar-refractivity contribution in [1.82, 2.24) is 5.43 Å². The molecule has 3 rings (SSSR count). The number of hydrogen-bond donors (Lipinski definition) is 2. The first-order valence-corrected chi connectivity index (χ1v) is 10.9. The lowest BCUT2D eigenvalue weighted by molar-refractivity contribution is 0.0954. The standard InChI is InChI=1S/C18H21N3O3S2/c1-13-5-2-3-6-16(13)19-20-18(22)14-8-10-15(11-9-14)21-26(23,24)17-7-4-12-25-17/h4,7-13,21H,2-3,5-6H2,1H3,(H,20,22)/t13-/m1/s1. The van der Waals surface area contributed by atoms with E-state index in [2.05, 4.69) is 22.2 Å². The maximum absolute atomic E-state index is 12.2. The van der Waals surface area contributed by atoms with Gasteiger partial charge >= 0.3 is 0 Å². The third-order valence-corrected chi connectivity index (χ3v) is 7.13. The van der Waals surface area contributed by atoms with E-state index in [4.69, 9.17) is 0 Å². The molecule has 1 saturated carbocycles. The fraction of sp³-hybridized carbons (Fsp3) is 0.333. The molecule has 1 aromatic carbocycles. The van der Waals surface area contributed by atoms with E-state index in [0.717, 1.165) is 36.3 Å². The summed E-state index contributed by atoms with van der Waals surface area (Å²) in [5.41, 5.74) is 4.47. The Morgan fingerprint density at radius 3 is 2.62 bits per heavy atom. The maximum atomic E-state index is 12.2. The van der Waals surface area contributed by atoms with Gasteiger partial charge in [-0.2, -0.15) is 5.10 Å². The van der Waals surface area contributed by atoms with Crippen molar-refractivity contribution < 1.29 is 13.2 Å². The number of hydrazone groups is 1. The number of amides is 1. The van der Waals surface area contributed by atoms with Crippen molar-refractivity contribution in [1.29, 1.82) is 0 Å². The van der Waals surface area contributed by atoms with Crippen molar-refractivity contribution >= 4 is 38.7 Å². The van der Waals surface area contributed by atoms with Gasteiger partial charge in [0, 0.05) is 17.0 Å². The Morgan fingerprint density at radius 1 is 1.19 bits per heavy atom. The highest BCUT2D eigenvalue weighted by molar-refractivity contribution is 7.94. The summed E-state index contributed by atoms with van der Waals surface area (Å²) in [4.78, 5) is 12.2. The summed E-state index contributed by atoms with van der Waals surface area (Å²) < 4.78 is 27.1. The largest absolute Gasteiger partial charge is 0.279 e. The predicted molar refractivity (Wildman–Crippen MR) is 104 cm³/mol. The van der Waals surface area contributed by atoms with E-state index < -0.39 is 10.0 Å². The zero-order chi connectivity index (χ0) is 18.6. The number of thiophene rings is 1. The normalized spacial score (nSPS) is 19.3. The van der Waals surface area contributed by atoms with Crippen molar-refractivity contribution in [2.24, 2.45) is 11.0 Å². The molecular formula is C18H21N3O3S2. The number of carbonyl (C=O) groups is 1. The van der Waals surface area contributed by atoms with E-state index in [9.17, 15) is 13.2 Å². The first-order chi connectivity index (χ1) is 12.5. The highest BCUT2D eigenvalue weighted by Crippen LogP contribution is 2.21. The lowest BCUT2D eigenvalue weighted by atomic mass is 9.89. The molecule has 1 aliphatic carbocycles. The summed E-state index contributed by atoms with van der Waals surface area (Å²) in [6, 6.07) is 9.51. The molecular weight excluding hydrogens is 370 g/mol. The fourth-order valence-electron chi connectivity index (χ4n) is 2.83. The molecule has 2 N–H and O–H groups in total. The Balaban J connectivity index is 1.64. The molecule has 2 aromatic rings. The topological polar surface area (TPSA) is 87.6 Å². The Hall–Kier alpha value is -2.19. The Morgan fingerprint density at radius 2 is 1.96 bits per heavy atom. The molecule has 1 atom stereocenters. The average molecular weight is 392 g/mol.